The second kappa shape index (κ2) is 9.04. The smallest absolute Gasteiger partial charge is 0.317 e. The highest BCUT2D eigenvalue weighted by atomic mass is 16.2. The number of rotatable bonds is 5. The molecule has 9 heteroatoms. The molecule has 0 unspecified atom stereocenters. The Hall–Kier alpha value is -2.94. The number of urea groups is 1. The second-order valence-electron chi connectivity index (χ2n) is 7.47. The van der Waals surface area contributed by atoms with Gasteiger partial charge in [-0.2, -0.15) is 0 Å². The first-order valence-corrected chi connectivity index (χ1v) is 10.2. The van der Waals surface area contributed by atoms with E-state index in [9.17, 15) is 9.59 Å². The van der Waals surface area contributed by atoms with Crippen molar-refractivity contribution >= 4 is 11.9 Å². The maximum Gasteiger partial charge on any atom is 0.317 e. The van der Waals surface area contributed by atoms with Gasteiger partial charge in [0.2, 0.25) is 5.91 Å². The zero-order chi connectivity index (χ0) is 20.1. The predicted molar refractivity (Wildman–Crippen MR) is 107 cm³/mol. The van der Waals surface area contributed by atoms with Crippen molar-refractivity contribution in [2.45, 2.75) is 19.4 Å². The van der Waals surface area contributed by atoms with Gasteiger partial charge in [-0.05, 0) is 18.9 Å². The van der Waals surface area contributed by atoms with Crippen LogP contribution in [0.5, 0.6) is 0 Å². The summed E-state index contributed by atoms with van der Waals surface area (Å²) in [4.78, 5) is 39.2. The van der Waals surface area contributed by atoms with E-state index in [2.05, 4.69) is 20.2 Å². The Morgan fingerprint density at radius 3 is 2.52 bits per heavy atom. The standard InChI is InChI=1S/C20H27N7O2/c28-18(25-7-1-2-8-25)15-24-10-12-26(13-11-24)20(29)23-14-17-4-3-5-22-19(17)27-9-6-21-16-27/h3-6,9,16H,1-2,7-8,10-15H2,(H,23,29). The molecule has 0 saturated carbocycles. The van der Waals surface area contributed by atoms with E-state index in [-0.39, 0.29) is 11.9 Å². The third kappa shape index (κ3) is 4.73. The number of amides is 3. The molecule has 2 aromatic heterocycles. The van der Waals surface area contributed by atoms with Gasteiger partial charge in [-0.3, -0.25) is 14.3 Å². The van der Waals surface area contributed by atoms with Crippen molar-refractivity contribution in [3.63, 3.8) is 0 Å². The number of imidazole rings is 1. The molecule has 2 saturated heterocycles. The molecule has 29 heavy (non-hydrogen) atoms. The van der Waals surface area contributed by atoms with Crippen molar-refractivity contribution < 1.29 is 9.59 Å². The number of nitrogens with zero attached hydrogens (tertiary/aromatic N) is 6. The lowest BCUT2D eigenvalue weighted by Crippen LogP contribution is -2.53. The van der Waals surface area contributed by atoms with Gasteiger partial charge in [0.05, 0.1) is 6.54 Å². The van der Waals surface area contributed by atoms with E-state index in [0.29, 0.717) is 26.2 Å². The lowest BCUT2D eigenvalue weighted by atomic mass is 10.2. The van der Waals surface area contributed by atoms with Gasteiger partial charge in [0.25, 0.3) is 0 Å². The Morgan fingerprint density at radius 1 is 1.00 bits per heavy atom. The van der Waals surface area contributed by atoms with Gasteiger partial charge in [0.1, 0.15) is 12.1 Å². The molecule has 2 aromatic rings. The van der Waals surface area contributed by atoms with Crippen LogP contribution in [0.25, 0.3) is 5.82 Å². The molecular formula is C20H27N7O2. The van der Waals surface area contributed by atoms with Crippen LogP contribution in [-0.4, -0.2) is 87.0 Å². The lowest BCUT2D eigenvalue weighted by molar-refractivity contribution is -0.131. The van der Waals surface area contributed by atoms with Crippen LogP contribution in [0.15, 0.2) is 37.1 Å². The van der Waals surface area contributed by atoms with Crippen LogP contribution in [-0.2, 0) is 11.3 Å². The topological polar surface area (TPSA) is 86.6 Å². The molecular weight excluding hydrogens is 370 g/mol. The molecule has 0 radical (unpaired) electrons. The summed E-state index contributed by atoms with van der Waals surface area (Å²) in [5, 5.41) is 2.99. The van der Waals surface area contributed by atoms with Gasteiger partial charge in [-0.15, -0.1) is 0 Å². The van der Waals surface area contributed by atoms with Gasteiger partial charge in [-0.25, -0.2) is 14.8 Å². The second-order valence-corrected chi connectivity index (χ2v) is 7.47. The largest absolute Gasteiger partial charge is 0.342 e. The van der Waals surface area contributed by atoms with E-state index in [1.54, 1.807) is 18.7 Å². The Bertz CT molecular complexity index is 825. The number of pyridine rings is 1. The highest BCUT2D eigenvalue weighted by molar-refractivity contribution is 5.78. The number of aromatic nitrogens is 3. The summed E-state index contributed by atoms with van der Waals surface area (Å²) in [5.41, 5.74) is 0.925. The summed E-state index contributed by atoms with van der Waals surface area (Å²) >= 11 is 0. The first kappa shape index (κ1) is 19.4. The van der Waals surface area contributed by atoms with E-state index in [4.69, 9.17) is 0 Å². The van der Waals surface area contributed by atoms with Crippen molar-refractivity contribution in [1.29, 1.82) is 0 Å². The molecule has 0 aliphatic carbocycles. The normalized spacial score (nSPS) is 17.5. The van der Waals surface area contributed by atoms with Crippen LogP contribution in [0.2, 0.25) is 0 Å². The summed E-state index contributed by atoms with van der Waals surface area (Å²) in [6.45, 7) is 5.32. The Kier molecular flexibility index (Phi) is 6.04. The average molecular weight is 397 g/mol. The SMILES string of the molecule is O=C(CN1CCN(C(=O)NCc2cccnc2-n2ccnc2)CC1)N1CCCC1. The number of nitrogens with one attached hydrogen (secondary N) is 1. The minimum absolute atomic E-state index is 0.0871. The molecule has 2 fully saturated rings. The molecule has 4 heterocycles. The minimum atomic E-state index is -0.0871. The summed E-state index contributed by atoms with van der Waals surface area (Å²) < 4.78 is 1.83. The molecule has 0 spiro atoms. The van der Waals surface area contributed by atoms with Crippen LogP contribution in [0, 0.1) is 0 Å². The van der Waals surface area contributed by atoms with Crippen LogP contribution in [0.3, 0.4) is 0 Å². The van der Waals surface area contributed by atoms with Gasteiger partial charge in [0, 0.05) is 70.0 Å². The first-order valence-electron chi connectivity index (χ1n) is 10.2. The van der Waals surface area contributed by atoms with E-state index < -0.39 is 0 Å². The van der Waals surface area contributed by atoms with Crippen molar-refractivity contribution in [3.8, 4) is 5.82 Å². The summed E-state index contributed by atoms with van der Waals surface area (Å²) in [5.74, 6) is 0.972. The summed E-state index contributed by atoms with van der Waals surface area (Å²) in [6.07, 6.45) is 9.17. The number of hydrogen-bond donors (Lipinski definition) is 1. The highest BCUT2D eigenvalue weighted by Crippen LogP contribution is 2.12. The van der Waals surface area contributed by atoms with Gasteiger partial charge < -0.3 is 15.1 Å². The van der Waals surface area contributed by atoms with E-state index in [1.807, 2.05) is 32.7 Å². The zero-order valence-electron chi connectivity index (χ0n) is 16.5. The third-order valence-corrected chi connectivity index (χ3v) is 5.52. The number of carbonyl (C=O) groups is 2. The summed E-state index contributed by atoms with van der Waals surface area (Å²) in [7, 11) is 0. The highest BCUT2D eigenvalue weighted by Gasteiger charge is 2.25. The van der Waals surface area contributed by atoms with E-state index in [1.165, 1.54) is 0 Å². The molecule has 2 aliphatic rings. The lowest BCUT2D eigenvalue weighted by Gasteiger charge is -2.35. The van der Waals surface area contributed by atoms with Gasteiger partial charge >= 0.3 is 6.03 Å². The minimum Gasteiger partial charge on any atom is -0.342 e. The monoisotopic (exact) mass is 397 g/mol. The van der Waals surface area contributed by atoms with Gasteiger partial charge in [-0.1, -0.05) is 6.07 Å². The van der Waals surface area contributed by atoms with E-state index in [0.717, 1.165) is 50.4 Å². The number of piperazine rings is 1. The van der Waals surface area contributed by atoms with Crippen LogP contribution >= 0.6 is 0 Å². The Balaban J connectivity index is 1.25. The van der Waals surface area contributed by atoms with Crippen LogP contribution < -0.4 is 5.32 Å². The molecule has 1 N–H and O–H groups in total. The zero-order valence-corrected chi connectivity index (χ0v) is 16.5. The fourth-order valence-electron chi connectivity index (χ4n) is 3.83. The van der Waals surface area contributed by atoms with Crippen molar-refractivity contribution in [2.75, 3.05) is 45.8 Å². The fraction of sp³-hybridized carbons (Fsp3) is 0.500. The first-order chi connectivity index (χ1) is 14.2. The average Bonchev–Trinajstić information content (AvgIpc) is 3.47. The third-order valence-electron chi connectivity index (χ3n) is 5.52. The molecule has 2 aliphatic heterocycles. The van der Waals surface area contributed by atoms with E-state index >= 15 is 0 Å². The fourth-order valence-corrected chi connectivity index (χ4v) is 3.83. The van der Waals surface area contributed by atoms with Crippen LogP contribution in [0.4, 0.5) is 4.79 Å². The van der Waals surface area contributed by atoms with Gasteiger partial charge in [0.15, 0.2) is 0 Å². The van der Waals surface area contributed by atoms with Crippen molar-refractivity contribution in [1.82, 2.24) is 34.6 Å². The molecule has 154 valence electrons. The number of carbonyl (C=O) groups excluding carboxylic acids is 2. The molecule has 0 aromatic carbocycles. The van der Waals surface area contributed by atoms with Crippen LogP contribution in [0.1, 0.15) is 18.4 Å². The maximum atomic E-state index is 12.6. The van der Waals surface area contributed by atoms with Crippen molar-refractivity contribution in [2.24, 2.45) is 0 Å². The molecule has 4 rings (SSSR count). The number of hydrogen-bond acceptors (Lipinski definition) is 5. The maximum absolute atomic E-state index is 12.6. The Morgan fingerprint density at radius 2 is 1.79 bits per heavy atom. The summed E-state index contributed by atoms with van der Waals surface area (Å²) in [6, 6.07) is 3.72. The number of likely N-dealkylation sites (tertiary alicyclic amines) is 1. The molecule has 0 atom stereocenters. The van der Waals surface area contributed by atoms with Crippen molar-refractivity contribution in [3.05, 3.63) is 42.6 Å². The molecule has 3 amide bonds. The predicted octanol–water partition coefficient (Wildman–Crippen LogP) is 0.717. The molecule has 0 bridgehead atoms. The quantitative estimate of drug-likeness (QED) is 0.803. The Labute approximate surface area is 170 Å². The molecule has 9 nitrogen and oxygen atoms in total.